The first-order chi connectivity index (χ1) is 8.66. The predicted molar refractivity (Wildman–Crippen MR) is 69.8 cm³/mol. The smallest absolute Gasteiger partial charge is 0.213 e. The lowest BCUT2D eigenvalue weighted by Crippen LogP contribution is -2.11. The van der Waals surface area contributed by atoms with Gasteiger partial charge in [-0.15, -0.1) is 0 Å². The lowest BCUT2D eigenvalue weighted by Gasteiger charge is -2.05. The lowest BCUT2D eigenvalue weighted by molar-refractivity contribution is 0.103. The molecule has 0 amide bonds. The average Bonchev–Trinajstić information content (AvgIpc) is 2.89. The van der Waals surface area contributed by atoms with Gasteiger partial charge in [0.2, 0.25) is 5.78 Å². The molecule has 0 atom stereocenters. The van der Waals surface area contributed by atoms with Crippen LogP contribution in [0.2, 0.25) is 5.02 Å². The zero-order valence-electron chi connectivity index (χ0n) is 9.69. The van der Waals surface area contributed by atoms with Crippen LogP contribution in [-0.2, 0) is 13.0 Å². The number of carbonyl (C=O) groups excluding carboxylic acids is 1. The first-order valence-corrected chi connectivity index (χ1v) is 6.20. The number of anilines is 1. The quantitative estimate of drug-likeness (QED) is 0.844. The molecule has 0 unspecified atom stereocenters. The van der Waals surface area contributed by atoms with E-state index in [1.54, 1.807) is 24.3 Å². The fourth-order valence-electron chi connectivity index (χ4n) is 2.32. The van der Waals surface area contributed by atoms with Crippen LogP contribution in [0.1, 0.15) is 28.3 Å². The number of benzene rings is 1. The second kappa shape index (κ2) is 4.14. The average molecular weight is 262 g/mol. The van der Waals surface area contributed by atoms with Crippen LogP contribution in [0.3, 0.4) is 0 Å². The molecule has 2 aromatic rings. The van der Waals surface area contributed by atoms with E-state index in [1.807, 2.05) is 4.57 Å². The minimum Gasteiger partial charge on any atom is -0.382 e. The second-order valence-corrected chi connectivity index (χ2v) is 4.79. The number of nitrogens with zero attached hydrogens (tertiary/aromatic N) is 2. The highest BCUT2D eigenvalue weighted by atomic mass is 35.5. The highest BCUT2D eigenvalue weighted by Crippen LogP contribution is 2.24. The van der Waals surface area contributed by atoms with E-state index in [0.717, 1.165) is 25.2 Å². The Hall–Kier alpha value is -1.81. The summed E-state index contributed by atoms with van der Waals surface area (Å²) in [6, 6.07) is 6.82. The minimum absolute atomic E-state index is 0.0928. The van der Waals surface area contributed by atoms with Gasteiger partial charge in [-0.2, -0.15) is 0 Å². The van der Waals surface area contributed by atoms with Gasteiger partial charge in [-0.05, 0) is 30.7 Å². The zero-order chi connectivity index (χ0) is 12.7. The van der Waals surface area contributed by atoms with Crippen molar-refractivity contribution in [1.82, 2.24) is 9.55 Å². The predicted octanol–water partition coefficient (Wildman–Crippen LogP) is 2.30. The molecule has 0 bridgehead atoms. The standard InChI is InChI=1S/C13H12ClN3O/c14-9-5-3-8(4-6-9)12(18)11-13(15)16-10-2-1-7-17(10)11/h3-6H,1-2,7,15H2. The van der Waals surface area contributed by atoms with Gasteiger partial charge in [-0.3, -0.25) is 4.79 Å². The Morgan fingerprint density at radius 3 is 2.78 bits per heavy atom. The largest absolute Gasteiger partial charge is 0.382 e. The van der Waals surface area contributed by atoms with Gasteiger partial charge in [-0.25, -0.2) is 4.98 Å². The number of nitrogen functional groups attached to an aromatic ring is 1. The van der Waals surface area contributed by atoms with Gasteiger partial charge < -0.3 is 10.3 Å². The van der Waals surface area contributed by atoms with Gasteiger partial charge in [0.05, 0.1) is 0 Å². The van der Waals surface area contributed by atoms with Crippen molar-refractivity contribution in [3.05, 3.63) is 46.4 Å². The van der Waals surface area contributed by atoms with E-state index in [2.05, 4.69) is 4.98 Å². The Labute approximate surface area is 109 Å². The summed E-state index contributed by atoms with van der Waals surface area (Å²) in [5.41, 5.74) is 6.93. The Kier molecular flexibility index (Phi) is 2.59. The molecule has 0 fully saturated rings. The first kappa shape index (κ1) is 11.3. The SMILES string of the molecule is Nc1nc2n(c1C(=O)c1ccc(Cl)cc1)CCC2. The molecule has 18 heavy (non-hydrogen) atoms. The highest BCUT2D eigenvalue weighted by Gasteiger charge is 2.25. The molecule has 0 aliphatic carbocycles. The number of aromatic nitrogens is 2. The molecule has 1 aromatic carbocycles. The fraction of sp³-hybridized carbons (Fsp3) is 0.231. The van der Waals surface area contributed by atoms with Crippen LogP contribution < -0.4 is 5.73 Å². The normalized spacial score (nSPS) is 13.6. The summed E-state index contributed by atoms with van der Waals surface area (Å²) in [5, 5.41) is 0.609. The van der Waals surface area contributed by atoms with E-state index in [9.17, 15) is 4.79 Å². The highest BCUT2D eigenvalue weighted by molar-refractivity contribution is 6.30. The molecular formula is C13H12ClN3O. The van der Waals surface area contributed by atoms with E-state index >= 15 is 0 Å². The van der Waals surface area contributed by atoms with Gasteiger partial charge >= 0.3 is 0 Å². The number of aryl methyl sites for hydroxylation is 1. The number of rotatable bonds is 2. The van der Waals surface area contributed by atoms with Crippen molar-refractivity contribution in [1.29, 1.82) is 0 Å². The van der Waals surface area contributed by atoms with Crippen molar-refractivity contribution in [2.45, 2.75) is 19.4 Å². The summed E-state index contributed by atoms with van der Waals surface area (Å²) in [4.78, 5) is 16.7. The third-order valence-corrected chi connectivity index (χ3v) is 3.43. The van der Waals surface area contributed by atoms with Gasteiger partial charge in [0.25, 0.3) is 0 Å². The fourth-order valence-corrected chi connectivity index (χ4v) is 2.45. The van der Waals surface area contributed by atoms with Crippen molar-refractivity contribution in [2.24, 2.45) is 0 Å². The van der Waals surface area contributed by atoms with Crippen LogP contribution in [0.25, 0.3) is 0 Å². The molecule has 1 aliphatic rings. The molecule has 0 spiro atoms. The molecule has 2 heterocycles. The van der Waals surface area contributed by atoms with Crippen LogP contribution in [0.15, 0.2) is 24.3 Å². The van der Waals surface area contributed by atoms with Crippen molar-refractivity contribution >= 4 is 23.2 Å². The molecule has 0 saturated carbocycles. The summed E-state index contributed by atoms with van der Waals surface area (Å²) in [6.45, 7) is 0.814. The maximum atomic E-state index is 12.4. The number of nitrogens with two attached hydrogens (primary N) is 1. The third-order valence-electron chi connectivity index (χ3n) is 3.18. The lowest BCUT2D eigenvalue weighted by atomic mass is 10.1. The molecule has 1 aromatic heterocycles. The van der Waals surface area contributed by atoms with Gasteiger partial charge in [0, 0.05) is 23.6 Å². The van der Waals surface area contributed by atoms with E-state index < -0.39 is 0 Å². The van der Waals surface area contributed by atoms with Crippen LogP contribution in [0, 0.1) is 0 Å². The van der Waals surface area contributed by atoms with Crippen LogP contribution in [-0.4, -0.2) is 15.3 Å². The second-order valence-electron chi connectivity index (χ2n) is 4.35. The first-order valence-electron chi connectivity index (χ1n) is 5.82. The van der Waals surface area contributed by atoms with E-state index in [0.29, 0.717) is 22.1 Å². The zero-order valence-corrected chi connectivity index (χ0v) is 10.4. The Morgan fingerprint density at radius 1 is 1.33 bits per heavy atom. The van der Waals surface area contributed by atoms with Crippen LogP contribution in [0.4, 0.5) is 5.82 Å². The Morgan fingerprint density at radius 2 is 2.06 bits per heavy atom. The summed E-state index contributed by atoms with van der Waals surface area (Å²) in [5.74, 6) is 1.14. The number of ketones is 1. The molecular weight excluding hydrogens is 250 g/mol. The molecule has 5 heteroatoms. The summed E-state index contributed by atoms with van der Waals surface area (Å²) in [6.07, 6.45) is 1.90. The monoisotopic (exact) mass is 261 g/mol. The van der Waals surface area contributed by atoms with E-state index in [1.165, 1.54) is 0 Å². The molecule has 3 rings (SSSR count). The molecule has 4 nitrogen and oxygen atoms in total. The van der Waals surface area contributed by atoms with Crippen molar-refractivity contribution in [3.8, 4) is 0 Å². The number of imidazole rings is 1. The maximum absolute atomic E-state index is 12.4. The number of hydrogen-bond donors (Lipinski definition) is 1. The van der Waals surface area contributed by atoms with E-state index in [-0.39, 0.29) is 5.78 Å². The van der Waals surface area contributed by atoms with Crippen LogP contribution >= 0.6 is 11.6 Å². The summed E-state index contributed by atoms with van der Waals surface area (Å²) < 4.78 is 1.92. The number of fused-ring (bicyclic) bond motifs is 1. The van der Waals surface area contributed by atoms with Crippen molar-refractivity contribution in [3.63, 3.8) is 0 Å². The van der Waals surface area contributed by atoms with Crippen molar-refractivity contribution < 1.29 is 4.79 Å². The van der Waals surface area contributed by atoms with Gasteiger partial charge in [-0.1, -0.05) is 11.6 Å². The topological polar surface area (TPSA) is 60.9 Å². The van der Waals surface area contributed by atoms with Gasteiger partial charge in [0.1, 0.15) is 11.5 Å². The molecule has 1 aliphatic heterocycles. The maximum Gasteiger partial charge on any atom is 0.213 e. The summed E-state index contributed by atoms with van der Waals surface area (Å²) >= 11 is 5.81. The Balaban J connectivity index is 2.05. The summed E-state index contributed by atoms with van der Waals surface area (Å²) in [7, 11) is 0. The third kappa shape index (κ3) is 1.69. The van der Waals surface area contributed by atoms with Gasteiger partial charge in [0.15, 0.2) is 5.82 Å². The number of carbonyl (C=O) groups is 1. The molecule has 0 saturated heterocycles. The van der Waals surface area contributed by atoms with Crippen LogP contribution in [0.5, 0.6) is 0 Å². The Bertz CT molecular complexity index is 616. The van der Waals surface area contributed by atoms with E-state index in [4.69, 9.17) is 17.3 Å². The van der Waals surface area contributed by atoms with Crippen molar-refractivity contribution in [2.75, 3.05) is 5.73 Å². The number of halogens is 1. The molecule has 0 radical (unpaired) electrons. The minimum atomic E-state index is -0.0928. The molecule has 92 valence electrons. The molecule has 2 N–H and O–H groups in total. The number of hydrogen-bond acceptors (Lipinski definition) is 3.